The zero-order valence-electron chi connectivity index (χ0n) is 12.9. The molecule has 0 saturated heterocycles. The second-order valence-corrected chi connectivity index (χ2v) is 5.28. The van der Waals surface area contributed by atoms with Gasteiger partial charge in [0.1, 0.15) is 11.6 Å². The van der Waals surface area contributed by atoms with E-state index in [9.17, 15) is 4.39 Å². The molecule has 21 heavy (non-hydrogen) atoms. The van der Waals surface area contributed by atoms with Gasteiger partial charge in [-0.05, 0) is 31.3 Å². The first kappa shape index (κ1) is 15.4. The number of halogens is 1. The van der Waals surface area contributed by atoms with Crippen LogP contribution in [0, 0.1) is 5.82 Å². The van der Waals surface area contributed by atoms with E-state index in [4.69, 9.17) is 0 Å². The molecule has 0 aliphatic carbocycles. The van der Waals surface area contributed by atoms with E-state index in [1.165, 1.54) is 12.1 Å². The topological polar surface area (TPSA) is 41.1 Å². The minimum atomic E-state index is -0.242. The summed E-state index contributed by atoms with van der Waals surface area (Å²) in [6.07, 6.45) is 1.83. The molecule has 0 bridgehead atoms. The van der Waals surface area contributed by atoms with Crippen LogP contribution in [0.2, 0.25) is 0 Å². The summed E-state index contributed by atoms with van der Waals surface area (Å²) >= 11 is 0. The summed E-state index contributed by atoms with van der Waals surface area (Å²) in [7, 11) is 3.82. The van der Waals surface area contributed by atoms with Crippen molar-refractivity contribution in [1.82, 2.24) is 15.3 Å². The van der Waals surface area contributed by atoms with E-state index in [1.54, 1.807) is 12.1 Å². The minimum absolute atomic E-state index is 0.242. The van der Waals surface area contributed by atoms with E-state index in [-0.39, 0.29) is 11.7 Å². The Labute approximate surface area is 125 Å². The van der Waals surface area contributed by atoms with E-state index in [0.29, 0.717) is 6.54 Å². The van der Waals surface area contributed by atoms with Crippen molar-refractivity contribution in [2.45, 2.75) is 26.3 Å². The van der Waals surface area contributed by atoms with Crippen LogP contribution in [0.3, 0.4) is 0 Å². The van der Waals surface area contributed by atoms with Crippen molar-refractivity contribution >= 4 is 11.4 Å². The van der Waals surface area contributed by atoms with Gasteiger partial charge >= 0.3 is 0 Å². The second kappa shape index (κ2) is 6.63. The molecule has 0 fully saturated rings. The Morgan fingerprint density at radius 3 is 2.48 bits per heavy atom. The highest BCUT2D eigenvalue weighted by atomic mass is 19.1. The molecule has 0 radical (unpaired) electrons. The fraction of sp³-hybridized carbons (Fsp3) is 0.375. The molecule has 1 heterocycles. The number of rotatable bonds is 5. The van der Waals surface area contributed by atoms with Gasteiger partial charge in [-0.15, -0.1) is 0 Å². The lowest BCUT2D eigenvalue weighted by Gasteiger charge is -2.22. The van der Waals surface area contributed by atoms with Crippen molar-refractivity contribution in [3.05, 3.63) is 47.8 Å². The molecule has 0 aliphatic rings. The molecule has 2 rings (SSSR count). The Bertz CT molecular complexity index is 596. The first-order valence-corrected chi connectivity index (χ1v) is 7.02. The van der Waals surface area contributed by atoms with Crippen LogP contribution in [0.1, 0.15) is 31.3 Å². The number of benzene rings is 1. The van der Waals surface area contributed by atoms with Gasteiger partial charge in [0.2, 0.25) is 0 Å². The Morgan fingerprint density at radius 2 is 1.90 bits per heavy atom. The lowest BCUT2D eigenvalue weighted by molar-refractivity contribution is 0.628. The molecule has 4 nitrogen and oxygen atoms in total. The summed E-state index contributed by atoms with van der Waals surface area (Å²) in [6.45, 7) is 4.80. The van der Waals surface area contributed by atoms with Gasteiger partial charge in [0.15, 0.2) is 0 Å². The third-order valence-electron chi connectivity index (χ3n) is 3.30. The van der Waals surface area contributed by atoms with Crippen LogP contribution >= 0.6 is 0 Å². The van der Waals surface area contributed by atoms with E-state index in [0.717, 1.165) is 22.9 Å². The number of aromatic nitrogens is 2. The number of hydrogen-bond donors (Lipinski definition) is 1. The van der Waals surface area contributed by atoms with Crippen LogP contribution < -0.4 is 10.2 Å². The lowest BCUT2D eigenvalue weighted by Crippen LogP contribution is -2.18. The third kappa shape index (κ3) is 3.55. The Kier molecular flexibility index (Phi) is 4.85. The van der Waals surface area contributed by atoms with Crippen molar-refractivity contribution in [2.75, 3.05) is 19.0 Å². The molecule has 112 valence electrons. The third-order valence-corrected chi connectivity index (χ3v) is 3.30. The molecule has 1 N–H and O–H groups in total. The summed E-state index contributed by atoms with van der Waals surface area (Å²) in [5, 5.41) is 3.13. The highest BCUT2D eigenvalue weighted by Gasteiger charge is 2.13. The molecular weight excluding hydrogens is 267 g/mol. The van der Waals surface area contributed by atoms with Gasteiger partial charge in [0.05, 0.1) is 17.6 Å². The van der Waals surface area contributed by atoms with Gasteiger partial charge in [-0.2, -0.15) is 0 Å². The van der Waals surface area contributed by atoms with Crippen molar-refractivity contribution in [3.63, 3.8) is 0 Å². The second-order valence-electron chi connectivity index (χ2n) is 5.28. The molecule has 0 spiro atoms. The molecule has 1 aromatic carbocycles. The zero-order valence-corrected chi connectivity index (χ0v) is 12.9. The first-order chi connectivity index (χ1) is 10.0. The van der Waals surface area contributed by atoms with Gasteiger partial charge in [-0.1, -0.05) is 13.8 Å². The van der Waals surface area contributed by atoms with E-state index in [2.05, 4.69) is 29.1 Å². The van der Waals surface area contributed by atoms with E-state index in [1.807, 2.05) is 25.2 Å². The molecule has 0 unspecified atom stereocenters. The minimum Gasteiger partial charge on any atom is -0.342 e. The standard InChI is InChI=1S/C16H21FN4/c1-11(2)16-19-10-15(14(20-16)9-18-3)21(4)13-7-5-12(17)6-8-13/h5-8,10-11,18H,9H2,1-4H3. The van der Waals surface area contributed by atoms with Gasteiger partial charge < -0.3 is 10.2 Å². The van der Waals surface area contributed by atoms with Gasteiger partial charge in [0.25, 0.3) is 0 Å². The largest absolute Gasteiger partial charge is 0.342 e. The summed E-state index contributed by atoms with van der Waals surface area (Å²) in [5.41, 5.74) is 2.75. The van der Waals surface area contributed by atoms with Crippen LogP contribution in [-0.4, -0.2) is 24.1 Å². The molecule has 1 aromatic heterocycles. The van der Waals surface area contributed by atoms with Crippen LogP contribution in [-0.2, 0) is 6.54 Å². The Morgan fingerprint density at radius 1 is 1.24 bits per heavy atom. The van der Waals surface area contributed by atoms with Gasteiger partial charge in [-0.3, -0.25) is 0 Å². The monoisotopic (exact) mass is 288 g/mol. The fourth-order valence-electron chi connectivity index (χ4n) is 2.09. The quantitative estimate of drug-likeness (QED) is 0.917. The normalized spacial score (nSPS) is 11.0. The fourth-order valence-corrected chi connectivity index (χ4v) is 2.09. The Balaban J connectivity index is 2.39. The number of anilines is 2. The summed E-state index contributed by atoms with van der Waals surface area (Å²) in [5.74, 6) is 0.872. The number of hydrogen-bond acceptors (Lipinski definition) is 4. The highest BCUT2D eigenvalue weighted by molar-refractivity contribution is 5.63. The van der Waals surface area contributed by atoms with Crippen LogP contribution in [0.15, 0.2) is 30.5 Å². The average molecular weight is 288 g/mol. The molecule has 0 saturated carbocycles. The molecule has 0 aliphatic heterocycles. The van der Waals surface area contributed by atoms with Crippen LogP contribution in [0.5, 0.6) is 0 Å². The van der Waals surface area contributed by atoms with Crippen molar-refractivity contribution in [1.29, 1.82) is 0 Å². The average Bonchev–Trinajstić information content (AvgIpc) is 2.47. The highest BCUT2D eigenvalue weighted by Crippen LogP contribution is 2.26. The number of nitrogens with zero attached hydrogens (tertiary/aromatic N) is 3. The predicted octanol–water partition coefficient (Wildman–Crippen LogP) is 3.23. The maximum Gasteiger partial charge on any atom is 0.131 e. The SMILES string of the molecule is CNCc1nc(C(C)C)ncc1N(C)c1ccc(F)cc1. The van der Waals surface area contributed by atoms with Crippen molar-refractivity contribution in [3.8, 4) is 0 Å². The van der Waals surface area contributed by atoms with Crippen LogP contribution in [0.4, 0.5) is 15.8 Å². The molecular formula is C16H21FN4. The molecule has 0 amide bonds. The maximum absolute atomic E-state index is 13.0. The zero-order chi connectivity index (χ0) is 15.4. The Hall–Kier alpha value is -2.01. The summed E-state index contributed by atoms with van der Waals surface area (Å²) < 4.78 is 13.0. The van der Waals surface area contributed by atoms with Gasteiger partial charge in [-0.25, -0.2) is 14.4 Å². The molecule has 2 aromatic rings. The van der Waals surface area contributed by atoms with E-state index >= 15 is 0 Å². The maximum atomic E-state index is 13.0. The predicted molar refractivity (Wildman–Crippen MR) is 83.3 cm³/mol. The lowest BCUT2D eigenvalue weighted by atomic mass is 10.2. The first-order valence-electron chi connectivity index (χ1n) is 7.02. The van der Waals surface area contributed by atoms with Crippen molar-refractivity contribution in [2.24, 2.45) is 0 Å². The van der Waals surface area contributed by atoms with E-state index < -0.39 is 0 Å². The van der Waals surface area contributed by atoms with Crippen LogP contribution in [0.25, 0.3) is 0 Å². The molecule has 5 heteroatoms. The smallest absolute Gasteiger partial charge is 0.131 e. The molecule has 0 atom stereocenters. The van der Waals surface area contributed by atoms with Crippen molar-refractivity contribution < 1.29 is 4.39 Å². The summed E-state index contributed by atoms with van der Waals surface area (Å²) in [4.78, 5) is 11.0. The van der Waals surface area contributed by atoms with Gasteiger partial charge in [0, 0.05) is 25.2 Å². The summed E-state index contributed by atoms with van der Waals surface area (Å²) in [6, 6.07) is 6.39. The number of nitrogens with one attached hydrogen (secondary N) is 1.